The molecule has 0 aliphatic heterocycles. The summed E-state index contributed by atoms with van der Waals surface area (Å²) in [7, 11) is 0. The van der Waals surface area contributed by atoms with E-state index < -0.39 is 5.66 Å². The Morgan fingerprint density at radius 2 is 1.73 bits per heavy atom. The van der Waals surface area contributed by atoms with Crippen molar-refractivity contribution >= 4 is 0 Å². The second-order valence-corrected chi connectivity index (χ2v) is 4.32. The Labute approximate surface area is 92.7 Å². The monoisotopic (exact) mass is 206 g/mol. The summed E-state index contributed by atoms with van der Waals surface area (Å²) in [4.78, 5) is 0. The Morgan fingerprint density at radius 1 is 1.07 bits per heavy atom. The van der Waals surface area contributed by atoms with Crippen LogP contribution in [-0.4, -0.2) is 5.66 Å². The molecular formula is C13H22N2. The van der Waals surface area contributed by atoms with E-state index >= 15 is 0 Å². The Bertz CT molecular complexity index is 267. The first-order chi connectivity index (χ1) is 7.14. The van der Waals surface area contributed by atoms with Crippen LogP contribution in [0.1, 0.15) is 38.2 Å². The van der Waals surface area contributed by atoms with Crippen LogP contribution in [0.4, 0.5) is 0 Å². The molecular weight excluding hydrogens is 184 g/mol. The molecule has 0 heterocycles. The molecule has 0 saturated heterocycles. The molecule has 0 radical (unpaired) electrons. The summed E-state index contributed by atoms with van der Waals surface area (Å²) in [5.74, 6) is 0. The first-order valence-corrected chi connectivity index (χ1v) is 5.76. The maximum Gasteiger partial charge on any atom is 0.0636 e. The Kier molecular flexibility index (Phi) is 4.79. The van der Waals surface area contributed by atoms with E-state index in [-0.39, 0.29) is 0 Å². The summed E-state index contributed by atoms with van der Waals surface area (Å²) in [5.41, 5.74) is 12.8. The van der Waals surface area contributed by atoms with Crippen molar-refractivity contribution in [2.45, 2.75) is 44.7 Å². The lowest BCUT2D eigenvalue weighted by atomic mass is 9.97. The molecule has 1 aromatic carbocycles. The first-order valence-electron chi connectivity index (χ1n) is 5.76. The molecule has 0 unspecified atom stereocenters. The number of hydrogen-bond donors (Lipinski definition) is 2. The van der Waals surface area contributed by atoms with Crippen molar-refractivity contribution in [1.82, 2.24) is 0 Å². The van der Waals surface area contributed by atoms with E-state index in [9.17, 15) is 0 Å². The van der Waals surface area contributed by atoms with E-state index in [0.717, 1.165) is 32.1 Å². The van der Waals surface area contributed by atoms with E-state index in [4.69, 9.17) is 11.5 Å². The fourth-order valence-corrected chi connectivity index (χ4v) is 1.86. The van der Waals surface area contributed by atoms with E-state index in [2.05, 4.69) is 31.2 Å². The van der Waals surface area contributed by atoms with Crippen LogP contribution in [0.3, 0.4) is 0 Å². The summed E-state index contributed by atoms with van der Waals surface area (Å²) in [6.45, 7) is 2.12. The van der Waals surface area contributed by atoms with E-state index in [1.54, 1.807) is 0 Å². The average molecular weight is 206 g/mol. The highest BCUT2D eigenvalue weighted by Gasteiger charge is 2.16. The fraction of sp³-hybridized carbons (Fsp3) is 0.538. The third kappa shape index (κ3) is 4.96. The Morgan fingerprint density at radius 3 is 2.33 bits per heavy atom. The highest BCUT2D eigenvalue weighted by molar-refractivity contribution is 5.14. The molecule has 0 aliphatic carbocycles. The highest BCUT2D eigenvalue weighted by Crippen LogP contribution is 2.12. The maximum atomic E-state index is 5.97. The van der Waals surface area contributed by atoms with Gasteiger partial charge in [0, 0.05) is 0 Å². The standard InChI is InChI=1S/C13H22N2/c1-2-10-13(14,15)11-6-9-12-7-4-3-5-8-12/h3-5,7-8H,2,6,9-11,14-15H2,1H3. The molecule has 0 atom stereocenters. The zero-order chi connectivity index (χ0) is 11.1. The van der Waals surface area contributed by atoms with Crippen molar-refractivity contribution in [3.05, 3.63) is 35.9 Å². The van der Waals surface area contributed by atoms with Gasteiger partial charge in [0.15, 0.2) is 0 Å². The summed E-state index contributed by atoms with van der Waals surface area (Å²) in [6.07, 6.45) is 4.99. The molecule has 0 saturated carbocycles. The number of aryl methyl sites for hydroxylation is 1. The number of hydrogen-bond acceptors (Lipinski definition) is 2. The van der Waals surface area contributed by atoms with Gasteiger partial charge in [-0.2, -0.15) is 0 Å². The molecule has 2 nitrogen and oxygen atoms in total. The van der Waals surface area contributed by atoms with Crippen molar-refractivity contribution in [2.24, 2.45) is 11.5 Å². The second-order valence-electron chi connectivity index (χ2n) is 4.32. The normalized spacial score (nSPS) is 11.7. The smallest absolute Gasteiger partial charge is 0.0636 e. The van der Waals surface area contributed by atoms with Crippen molar-refractivity contribution in [3.63, 3.8) is 0 Å². The van der Waals surface area contributed by atoms with Crippen molar-refractivity contribution < 1.29 is 0 Å². The highest BCUT2D eigenvalue weighted by atomic mass is 14.9. The molecule has 0 aliphatic rings. The van der Waals surface area contributed by atoms with E-state index in [1.807, 2.05) is 6.07 Å². The topological polar surface area (TPSA) is 52.0 Å². The van der Waals surface area contributed by atoms with Gasteiger partial charge in [0.25, 0.3) is 0 Å². The molecule has 1 rings (SSSR count). The molecule has 2 heteroatoms. The van der Waals surface area contributed by atoms with E-state index in [1.165, 1.54) is 5.56 Å². The van der Waals surface area contributed by atoms with Crippen LogP contribution in [0.2, 0.25) is 0 Å². The van der Waals surface area contributed by atoms with Gasteiger partial charge in [-0.1, -0.05) is 43.7 Å². The first kappa shape index (κ1) is 12.2. The Hall–Kier alpha value is -0.860. The van der Waals surface area contributed by atoms with Gasteiger partial charge in [-0.25, -0.2) is 0 Å². The molecule has 0 amide bonds. The van der Waals surface area contributed by atoms with Crippen LogP contribution < -0.4 is 11.5 Å². The minimum absolute atomic E-state index is 0.469. The summed E-state index contributed by atoms with van der Waals surface area (Å²) in [6, 6.07) is 10.5. The lowest BCUT2D eigenvalue weighted by molar-refractivity contribution is 0.365. The van der Waals surface area contributed by atoms with Crippen LogP contribution in [0.25, 0.3) is 0 Å². The van der Waals surface area contributed by atoms with Gasteiger partial charge in [0.1, 0.15) is 0 Å². The molecule has 0 spiro atoms. The van der Waals surface area contributed by atoms with Gasteiger partial charge in [-0.15, -0.1) is 0 Å². The number of rotatable bonds is 6. The minimum Gasteiger partial charge on any atom is -0.313 e. The number of nitrogens with two attached hydrogens (primary N) is 2. The van der Waals surface area contributed by atoms with Crippen LogP contribution in [0.15, 0.2) is 30.3 Å². The SMILES string of the molecule is CCCC(N)(N)CCCc1ccccc1. The second kappa shape index (κ2) is 5.89. The molecule has 1 aromatic rings. The zero-order valence-corrected chi connectivity index (χ0v) is 9.58. The van der Waals surface area contributed by atoms with Crippen LogP contribution in [-0.2, 0) is 6.42 Å². The minimum atomic E-state index is -0.469. The van der Waals surface area contributed by atoms with Crippen molar-refractivity contribution in [1.29, 1.82) is 0 Å². The predicted molar refractivity (Wildman–Crippen MR) is 65.4 cm³/mol. The quantitative estimate of drug-likeness (QED) is 0.702. The van der Waals surface area contributed by atoms with Gasteiger partial charge in [-0.05, 0) is 31.2 Å². The summed E-state index contributed by atoms with van der Waals surface area (Å²) in [5, 5.41) is 0. The molecule has 0 fully saturated rings. The van der Waals surface area contributed by atoms with Crippen molar-refractivity contribution in [3.8, 4) is 0 Å². The molecule has 0 aromatic heterocycles. The average Bonchev–Trinajstić information content (AvgIpc) is 2.19. The summed E-state index contributed by atoms with van der Waals surface area (Å²) < 4.78 is 0. The lowest BCUT2D eigenvalue weighted by Crippen LogP contribution is -2.49. The molecule has 84 valence electrons. The third-order valence-electron chi connectivity index (χ3n) is 2.67. The molecule has 15 heavy (non-hydrogen) atoms. The van der Waals surface area contributed by atoms with Gasteiger partial charge in [0.2, 0.25) is 0 Å². The van der Waals surface area contributed by atoms with Gasteiger partial charge < -0.3 is 11.5 Å². The van der Waals surface area contributed by atoms with Crippen LogP contribution >= 0.6 is 0 Å². The largest absolute Gasteiger partial charge is 0.313 e. The van der Waals surface area contributed by atoms with Crippen molar-refractivity contribution in [2.75, 3.05) is 0 Å². The van der Waals surface area contributed by atoms with Gasteiger partial charge >= 0.3 is 0 Å². The lowest BCUT2D eigenvalue weighted by Gasteiger charge is -2.23. The number of benzene rings is 1. The fourth-order valence-electron chi connectivity index (χ4n) is 1.86. The predicted octanol–water partition coefficient (Wildman–Crippen LogP) is 2.42. The van der Waals surface area contributed by atoms with E-state index in [0.29, 0.717) is 0 Å². The van der Waals surface area contributed by atoms with Gasteiger partial charge in [-0.3, -0.25) is 0 Å². The third-order valence-corrected chi connectivity index (χ3v) is 2.67. The van der Waals surface area contributed by atoms with Gasteiger partial charge in [0.05, 0.1) is 5.66 Å². The molecule has 0 bridgehead atoms. The maximum absolute atomic E-state index is 5.97. The summed E-state index contributed by atoms with van der Waals surface area (Å²) >= 11 is 0. The zero-order valence-electron chi connectivity index (χ0n) is 9.58. The van der Waals surface area contributed by atoms with Crippen LogP contribution in [0, 0.1) is 0 Å². The molecule has 4 N–H and O–H groups in total. The Balaban J connectivity index is 2.27. The van der Waals surface area contributed by atoms with Crippen LogP contribution in [0.5, 0.6) is 0 Å².